The normalized spacial score (nSPS) is 12.4. The van der Waals surface area contributed by atoms with Crippen LogP contribution in [0.15, 0.2) is 37.1 Å². The van der Waals surface area contributed by atoms with Gasteiger partial charge in [0.05, 0.1) is 0 Å². The van der Waals surface area contributed by atoms with Crippen LogP contribution >= 0.6 is 0 Å². The maximum absolute atomic E-state index is 4.30. The Kier molecular flexibility index (Phi) is 3.52. The van der Waals surface area contributed by atoms with Gasteiger partial charge < -0.3 is 0 Å². The van der Waals surface area contributed by atoms with Crippen molar-refractivity contribution in [3.63, 3.8) is 0 Å². The Balaban J connectivity index is 2.73. The smallest absolute Gasteiger partial charge is 0.0472 e. The maximum atomic E-state index is 4.30. The molecule has 0 aliphatic rings. The summed E-state index contributed by atoms with van der Waals surface area (Å²) in [6.45, 7) is 6.00. The lowest BCUT2D eigenvalue weighted by Gasteiger charge is -2.09. The molecular weight excluding hydrogens is 146 g/mol. The number of hydrogen-bond donors (Lipinski definition) is 0. The molecule has 1 aromatic rings. The highest BCUT2D eigenvalue weighted by molar-refractivity contribution is 5.14. The minimum absolute atomic E-state index is 0.427. The zero-order chi connectivity index (χ0) is 8.81. The van der Waals surface area contributed by atoms with Gasteiger partial charge in [0.1, 0.15) is 0 Å². The van der Waals surface area contributed by atoms with Crippen LogP contribution in [-0.2, 0) is 0 Å². The molecule has 0 radical (unpaired) electrons. The molecule has 0 aliphatic heterocycles. The van der Waals surface area contributed by atoms with Crippen LogP contribution in [0.5, 0.6) is 0 Å². The summed E-state index contributed by atoms with van der Waals surface area (Å²) >= 11 is 0. The zero-order valence-electron chi connectivity index (χ0n) is 7.53. The van der Waals surface area contributed by atoms with E-state index < -0.39 is 0 Å². The summed E-state index contributed by atoms with van der Waals surface area (Å²) in [5.41, 5.74) is 1.13. The molecule has 12 heavy (non-hydrogen) atoms. The van der Waals surface area contributed by atoms with E-state index in [1.165, 1.54) is 6.42 Å². The SMILES string of the molecule is C=CC(CCC)c1ccccn1. The Bertz CT molecular complexity index is 228. The van der Waals surface area contributed by atoms with Crippen molar-refractivity contribution in [2.45, 2.75) is 25.7 Å². The van der Waals surface area contributed by atoms with Gasteiger partial charge in [-0.2, -0.15) is 0 Å². The van der Waals surface area contributed by atoms with Crippen LogP contribution in [0.25, 0.3) is 0 Å². The van der Waals surface area contributed by atoms with E-state index in [2.05, 4.69) is 24.6 Å². The number of rotatable bonds is 4. The third kappa shape index (κ3) is 2.19. The monoisotopic (exact) mass is 161 g/mol. The summed E-state index contributed by atoms with van der Waals surface area (Å²) in [5.74, 6) is 0.427. The fourth-order valence-corrected chi connectivity index (χ4v) is 1.29. The molecule has 0 aliphatic carbocycles. The first-order valence-corrected chi connectivity index (χ1v) is 4.42. The van der Waals surface area contributed by atoms with E-state index in [0.717, 1.165) is 12.1 Å². The van der Waals surface area contributed by atoms with Crippen molar-refractivity contribution in [3.05, 3.63) is 42.7 Å². The Morgan fingerprint density at radius 3 is 2.92 bits per heavy atom. The second kappa shape index (κ2) is 4.70. The molecule has 0 amide bonds. The van der Waals surface area contributed by atoms with Gasteiger partial charge in [-0.15, -0.1) is 6.58 Å². The predicted molar refractivity (Wildman–Crippen MR) is 52.1 cm³/mol. The van der Waals surface area contributed by atoms with Gasteiger partial charge in [-0.1, -0.05) is 25.5 Å². The molecule has 0 saturated heterocycles. The third-order valence-electron chi connectivity index (χ3n) is 1.95. The van der Waals surface area contributed by atoms with E-state index in [4.69, 9.17) is 0 Å². The molecule has 1 atom stereocenters. The summed E-state index contributed by atoms with van der Waals surface area (Å²) < 4.78 is 0. The standard InChI is InChI=1S/C11H15N/c1-3-7-10(4-2)11-8-5-6-9-12-11/h4-6,8-10H,2-3,7H2,1H3. The lowest BCUT2D eigenvalue weighted by Crippen LogP contribution is -1.96. The Morgan fingerprint density at radius 2 is 2.42 bits per heavy atom. The van der Waals surface area contributed by atoms with Crippen LogP contribution in [-0.4, -0.2) is 4.98 Å². The van der Waals surface area contributed by atoms with E-state index in [1.54, 1.807) is 0 Å². The van der Waals surface area contributed by atoms with Crippen LogP contribution in [0, 0.1) is 0 Å². The van der Waals surface area contributed by atoms with Gasteiger partial charge in [-0.25, -0.2) is 0 Å². The number of nitrogens with zero attached hydrogens (tertiary/aromatic N) is 1. The minimum atomic E-state index is 0.427. The molecule has 0 aromatic carbocycles. The zero-order valence-corrected chi connectivity index (χ0v) is 7.53. The third-order valence-corrected chi connectivity index (χ3v) is 1.95. The number of hydrogen-bond acceptors (Lipinski definition) is 1. The summed E-state index contributed by atoms with van der Waals surface area (Å²) in [7, 11) is 0. The molecular formula is C11H15N. The summed E-state index contributed by atoms with van der Waals surface area (Å²) in [6, 6.07) is 6.02. The summed E-state index contributed by atoms with van der Waals surface area (Å²) in [5, 5.41) is 0. The number of aromatic nitrogens is 1. The minimum Gasteiger partial charge on any atom is -0.261 e. The average molecular weight is 161 g/mol. The largest absolute Gasteiger partial charge is 0.261 e. The van der Waals surface area contributed by atoms with Crippen LogP contribution in [0.1, 0.15) is 31.4 Å². The molecule has 1 nitrogen and oxygen atoms in total. The maximum Gasteiger partial charge on any atom is 0.0472 e. The van der Waals surface area contributed by atoms with Crippen molar-refractivity contribution < 1.29 is 0 Å². The fourth-order valence-electron chi connectivity index (χ4n) is 1.29. The van der Waals surface area contributed by atoms with Gasteiger partial charge in [0.2, 0.25) is 0 Å². The number of allylic oxidation sites excluding steroid dienone is 1. The van der Waals surface area contributed by atoms with Crippen LogP contribution in [0.2, 0.25) is 0 Å². The Morgan fingerprint density at radius 1 is 1.58 bits per heavy atom. The summed E-state index contributed by atoms with van der Waals surface area (Å²) in [6.07, 6.45) is 6.13. The predicted octanol–water partition coefficient (Wildman–Crippen LogP) is 3.15. The van der Waals surface area contributed by atoms with E-state index >= 15 is 0 Å². The van der Waals surface area contributed by atoms with E-state index in [0.29, 0.717) is 5.92 Å². The average Bonchev–Trinajstić information content (AvgIpc) is 2.15. The molecule has 1 unspecified atom stereocenters. The topological polar surface area (TPSA) is 12.9 Å². The van der Waals surface area contributed by atoms with Crippen LogP contribution in [0.4, 0.5) is 0 Å². The van der Waals surface area contributed by atoms with Gasteiger partial charge in [0.15, 0.2) is 0 Å². The van der Waals surface area contributed by atoms with Gasteiger partial charge >= 0.3 is 0 Å². The molecule has 1 heterocycles. The molecule has 0 N–H and O–H groups in total. The highest BCUT2D eigenvalue weighted by atomic mass is 14.7. The quantitative estimate of drug-likeness (QED) is 0.618. The molecule has 1 rings (SSSR count). The van der Waals surface area contributed by atoms with Crippen molar-refractivity contribution in [1.82, 2.24) is 4.98 Å². The molecule has 0 bridgehead atoms. The second-order valence-corrected chi connectivity index (χ2v) is 2.89. The van der Waals surface area contributed by atoms with E-state index in [-0.39, 0.29) is 0 Å². The molecule has 0 spiro atoms. The second-order valence-electron chi connectivity index (χ2n) is 2.89. The van der Waals surface area contributed by atoms with Crippen molar-refractivity contribution in [2.24, 2.45) is 0 Å². The highest BCUT2D eigenvalue weighted by Crippen LogP contribution is 2.19. The lowest BCUT2D eigenvalue weighted by atomic mass is 10.00. The molecule has 1 aromatic heterocycles. The van der Waals surface area contributed by atoms with Crippen LogP contribution in [0.3, 0.4) is 0 Å². The highest BCUT2D eigenvalue weighted by Gasteiger charge is 2.05. The molecule has 64 valence electrons. The van der Waals surface area contributed by atoms with Crippen molar-refractivity contribution in [2.75, 3.05) is 0 Å². The Labute approximate surface area is 74.2 Å². The first-order chi connectivity index (χ1) is 5.88. The molecule has 0 saturated carbocycles. The van der Waals surface area contributed by atoms with Gasteiger partial charge in [0, 0.05) is 17.8 Å². The van der Waals surface area contributed by atoms with Gasteiger partial charge in [-0.3, -0.25) is 4.98 Å². The van der Waals surface area contributed by atoms with Crippen molar-refractivity contribution in [3.8, 4) is 0 Å². The fraction of sp³-hybridized carbons (Fsp3) is 0.364. The first-order valence-electron chi connectivity index (χ1n) is 4.42. The molecule has 0 fully saturated rings. The first kappa shape index (κ1) is 8.98. The van der Waals surface area contributed by atoms with Gasteiger partial charge in [0.25, 0.3) is 0 Å². The van der Waals surface area contributed by atoms with E-state index in [1.807, 2.05) is 24.4 Å². The van der Waals surface area contributed by atoms with Gasteiger partial charge in [-0.05, 0) is 18.6 Å². The lowest BCUT2D eigenvalue weighted by molar-refractivity contribution is 0.700. The van der Waals surface area contributed by atoms with Crippen LogP contribution < -0.4 is 0 Å². The molecule has 1 heteroatoms. The van der Waals surface area contributed by atoms with Crippen molar-refractivity contribution in [1.29, 1.82) is 0 Å². The van der Waals surface area contributed by atoms with Crippen molar-refractivity contribution >= 4 is 0 Å². The number of pyridine rings is 1. The Hall–Kier alpha value is -1.11. The van der Waals surface area contributed by atoms with E-state index in [9.17, 15) is 0 Å². The summed E-state index contributed by atoms with van der Waals surface area (Å²) in [4.78, 5) is 4.30.